The highest BCUT2D eigenvalue weighted by atomic mass is 35.5. The van der Waals surface area contributed by atoms with Gasteiger partial charge in [-0.15, -0.1) is 0 Å². The van der Waals surface area contributed by atoms with Crippen molar-refractivity contribution in [3.63, 3.8) is 0 Å². The first kappa shape index (κ1) is 14.1. The van der Waals surface area contributed by atoms with Crippen molar-refractivity contribution in [3.8, 4) is 0 Å². The average molecular weight is 273 g/mol. The van der Waals surface area contributed by atoms with Crippen molar-refractivity contribution in [1.82, 2.24) is 0 Å². The molecule has 0 radical (unpaired) electrons. The Hall–Kier alpha value is -1.00. The molecule has 0 aliphatic carbocycles. The minimum Gasteiger partial charge on any atom is -0.468 e. The molecule has 0 saturated heterocycles. The van der Waals surface area contributed by atoms with Crippen LogP contribution >= 0.6 is 23.4 Å². The molecule has 0 saturated carbocycles. The highest BCUT2D eigenvalue weighted by Crippen LogP contribution is 2.31. The van der Waals surface area contributed by atoms with Gasteiger partial charge in [-0.2, -0.15) is 0 Å². The van der Waals surface area contributed by atoms with E-state index in [9.17, 15) is 9.59 Å². The Morgan fingerprint density at radius 2 is 1.88 bits per heavy atom. The molecule has 0 aliphatic heterocycles. The highest BCUT2D eigenvalue weighted by Gasteiger charge is 2.33. The predicted molar refractivity (Wildman–Crippen MR) is 69.5 cm³/mol. The molecule has 0 aromatic heterocycles. The molecule has 1 aromatic carbocycles. The number of benzene rings is 1. The lowest BCUT2D eigenvalue weighted by Gasteiger charge is -2.19. The first-order chi connectivity index (χ1) is 7.88. The predicted octanol–water partition coefficient (Wildman–Crippen LogP) is 3.17. The summed E-state index contributed by atoms with van der Waals surface area (Å²) in [6, 6.07) is 6.74. The van der Waals surface area contributed by atoms with E-state index in [1.54, 1.807) is 38.1 Å². The summed E-state index contributed by atoms with van der Waals surface area (Å²) in [7, 11) is 1.30. The van der Waals surface area contributed by atoms with Crippen LogP contribution < -0.4 is 0 Å². The number of carbonyl (C=O) groups excluding carboxylic acids is 2. The summed E-state index contributed by atoms with van der Waals surface area (Å²) < 4.78 is 3.71. The maximum absolute atomic E-state index is 12.0. The van der Waals surface area contributed by atoms with Crippen molar-refractivity contribution in [2.75, 3.05) is 7.11 Å². The molecule has 0 atom stereocenters. The summed E-state index contributed by atoms with van der Waals surface area (Å²) in [5.41, 5.74) is 0.399. The molecule has 0 unspecified atom stereocenters. The number of rotatable bonds is 3. The highest BCUT2D eigenvalue weighted by molar-refractivity contribution is 8.15. The van der Waals surface area contributed by atoms with E-state index in [1.165, 1.54) is 7.11 Å². The largest absolute Gasteiger partial charge is 0.468 e. The van der Waals surface area contributed by atoms with Crippen LogP contribution in [0.2, 0.25) is 5.02 Å². The van der Waals surface area contributed by atoms with E-state index < -0.39 is 10.7 Å². The number of halogens is 1. The van der Waals surface area contributed by atoms with Crippen LogP contribution in [0.5, 0.6) is 0 Å². The smallest absolute Gasteiger partial charge is 0.321 e. The van der Waals surface area contributed by atoms with Gasteiger partial charge in [0.15, 0.2) is 0 Å². The van der Waals surface area contributed by atoms with Crippen molar-refractivity contribution in [3.05, 3.63) is 34.9 Å². The van der Waals surface area contributed by atoms with E-state index >= 15 is 0 Å². The van der Waals surface area contributed by atoms with Gasteiger partial charge in [0.05, 0.1) is 12.1 Å². The summed E-state index contributed by atoms with van der Waals surface area (Å²) in [6.45, 7) is 3.27. The summed E-state index contributed by atoms with van der Waals surface area (Å²) in [5.74, 6) is -0.442. The second-order valence-corrected chi connectivity index (χ2v) is 5.87. The number of ether oxygens (including phenoxy) is 1. The zero-order valence-electron chi connectivity index (χ0n) is 9.82. The molecule has 0 N–H and O–H groups in total. The third-order valence-electron chi connectivity index (χ3n) is 2.12. The van der Waals surface area contributed by atoms with E-state index in [4.69, 9.17) is 11.6 Å². The summed E-state index contributed by atoms with van der Waals surface area (Å²) in [5, 5.41) is 0.136. The van der Waals surface area contributed by atoms with Crippen LogP contribution in [0.3, 0.4) is 0 Å². The van der Waals surface area contributed by atoms with Gasteiger partial charge < -0.3 is 4.74 Å². The van der Waals surface area contributed by atoms with Gasteiger partial charge in [0.1, 0.15) is 4.75 Å². The zero-order valence-corrected chi connectivity index (χ0v) is 11.4. The van der Waals surface area contributed by atoms with Crippen LogP contribution in [0, 0.1) is 0 Å². The number of carbonyl (C=O) groups is 2. The number of hydrogen-bond acceptors (Lipinski definition) is 4. The molecule has 0 bridgehead atoms. The van der Waals surface area contributed by atoms with Gasteiger partial charge in [-0.1, -0.05) is 35.5 Å². The van der Waals surface area contributed by atoms with Crippen molar-refractivity contribution < 1.29 is 14.3 Å². The van der Waals surface area contributed by atoms with Crippen LogP contribution in [0.15, 0.2) is 24.3 Å². The Labute approximate surface area is 109 Å². The van der Waals surface area contributed by atoms with E-state index in [-0.39, 0.29) is 5.12 Å². The molecule has 17 heavy (non-hydrogen) atoms. The van der Waals surface area contributed by atoms with Gasteiger partial charge in [0, 0.05) is 5.56 Å². The number of methoxy groups -OCH3 is 1. The molecule has 0 spiro atoms. The Morgan fingerprint density at radius 3 is 2.41 bits per heavy atom. The van der Waals surface area contributed by atoms with Crippen LogP contribution in [0.25, 0.3) is 0 Å². The summed E-state index contributed by atoms with van der Waals surface area (Å²) >= 11 is 6.81. The van der Waals surface area contributed by atoms with E-state index in [0.717, 1.165) is 11.8 Å². The van der Waals surface area contributed by atoms with E-state index in [1.807, 2.05) is 0 Å². The molecule has 0 fully saturated rings. The third kappa shape index (κ3) is 3.48. The number of esters is 1. The minimum absolute atomic E-state index is 0.244. The molecular formula is C12H13ClO3S. The quantitative estimate of drug-likeness (QED) is 0.793. The number of hydrogen-bond donors (Lipinski definition) is 0. The van der Waals surface area contributed by atoms with Crippen LogP contribution in [-0.4, -0.2) is 22.9 Å². The van der Waals surface area contributed by atoms with Gasteiger partial charge in [-0.25, -0.2) is 0 Å². The molecule has 0 heterocycles. The van der Waals surface area contributed by atoms with E-state index in [0.29, 0.717) is 10.6 Å². The Kier molecular flexibility index (Phi) is 4.60. The van der Waals surface area contributed by atoms with Gasteiger partial charge >= 0.3 is 5.97 Å². The fourth-order valence-electron chi connectivity index (χ4n) is 1.20. The average Bonchev–Trinajstić information content (AvgIpc) is 2.27. The minimum atomic E-state index is -0.926. The standard InChI is InChI=1S/C12H13ClO3S/c1-12(2,11(15)16-3)17-10(14)8-6-4-5-7-9(8)13/h4-7H,1-3H3. The lowest BCUT2D eigenvalue weighted by Crippen LogP contribution is -2.30. The molecule has 0 amide bonds. The topological polar surface area (TPSA) is 43.4 Å². The third-order valence-corrected chi connectivity index (χ3v) is 3.53. The summed E-state index contributed by atoms with van der Waals surface area (Å²) in [6.07, 6.45) is 0. The van der Waals surface area contributed by atoms with Crippen molar-refractivity contribution in [2.45, 2.75) is 18.6 Å². The first-order valence-electron chi connectivity index (χ1n) is 4.95. The van der Waals surface area contributed by atoms with Crippen molar-refractivity contribution >= 4 is 34.4 Å². The van der Waals surface area contributed by atoms with Gasteiger partial charge in [-0.3, -0.25) is 9.59 Å². The fourth-order valence-corrected chi connectivity index (χ4v) is 2.40. The number of thioether (sulfide) groups is 1. The second kappa shape index (κ2) is 5.56. The molecule has 0 aliphatic rings. The maximum atomic E-state index is 12.0. The molecule has 1 rings (SSSR count). The molecule has 3 nitrogen and oxygen atoms in total. The Balaban J connectivity index is 2.87. The van der Waals surface area contributed by atoms with Crippen molar-refractivity contribution in [2.24, 2.45) is 0 Å². The van der Waals surface area contributed by atoms with Gasteiger partial charge in [0.25, 0.3) is 0 Å². The lowest BCUT2D eigenvalue weighted by molar-refractivity contribution is -0.142. The monoisotopic (exact) mass is 272 g/mol. The second-order valence-electron chi connectivity index (χ2n) is 3.87. The maximum Gasteiger partial charge on any atom is 0.321 e. The Morgan fingerprint density at radius 1 is 1.29 bits per heavy atom. The molecule has 5 heteroatoms. The van der Waals surface area contributed by atoms with Crippen LogP contribution in [0.4, 0.5) is 0 Å². The Bertz CT molecular complexity index is 443. The van der Waals surface area contributed by atoms with E-state index in [2.05, 4.69) is 4.74 Å². The lowest BCUT2D eigenvalue weighted by atomic mass is 10.2. The van der Waals surface area contributed by atoms with Gasteiger partial charge in [-0.05, 0) is 26.0 Å². The zero-order chi connectivity index (χ0) is 13.1. The molecular weight excluding hydrogens is 260 g/mol. The van der Waals surface area contributed by atoms with Crippen LogP contribution in [0.1, 0.15) is 24.2 Å². The molecule has 92 valence electrons. The fraction of sp³-hybridized carbons (Fsp3) is 0.333. The normalized spacial score (nSPS) is 11.1. The molecule has 1 aromatic rings. The SMILES string of the molecule is COC(=O)C(C)(C)SC(=O)c1ccccc1Cl. The van der Waals surface area contributed by atoms with Crippen molar-refractivity contribution in [1.29, 1.82) is 0 Å². The van der Waals surface area contributed by atoms with Gasteiger partial charge in [0.2, 0.25) is 5.12 Å². The summed E-state index contributed by atoms with van der Waals surface area (Å²) in [4.78, 5) is 23.4. The van der Waals surface area contributed by atoms with Crippen LogP contribution in [-0.2, 0) is 9.53 Å². The first-order valence-corrected chi connectivity index (χ1v) is 6.14.